The summed E-state index contributed by atoms with van der Waals surface area (Å²) >= 11 is 3.49. The van der Waals surface area contributed by atoms with E-state index in [4.69, 9.17) is 28.4 Å². The van der Waals surface area contributed by atoms with Crippen molar-refractivity contribution in [2.75, 3.05) is 20.5 Å². The summed E-state index contributed by atoms with van der Waals surface area (Å²) in [5.74, 6) is 2.68. The van der Waals surface area contributed by atoms with Crippen LogP contribution in [-0.4, -0.2) is 37.1 Å². The topological polar surface area (TPSA) is 107 Å². The van der Waals surface area contributed by atoms with Gasteiger partial charge in [-0.2, -0.15) is 0 Å². The van der Waals surface area contributed by atoms with Gasteiger partial charge in [0.15, 0.2) is 27.8 Å². The average molecular weight is 769 g/mol. The molecule has 4 aromatic rings. The molecule has 0 saturated carbocycles. The summed E-state index contributed by atoms with van der Waals surface area (Å²) in [7, 11) is 1.56. The molecule has 0 unspecified atom stereocenters. The molecule has 3 heterocycles. The Kier molecular flexibility index (Phi) is 9.60. The fourth-order valence-corrected chi connectivity index (χ4v) is 7.12. The Balaban J connectivity index is 1.35. The van der Waals surface area contributed by atoms with Gasteiger partial charge in [0.1, 0.15) is 12.4 Å². The van der Waals surface area contributed by atoms with Crippen molar-refractivity contribution in [1.29, 1.82) is 0 Å². The minimum atomic E-state index is -0.776. The number of aromatic nitrogens is 1. The third-order valence-electron chi connectivity index (χ3n) is 7.47. The fraction of sp³-hybridized carbons (Fsp3) is 0.286. The minimum absolute atomic E-state index is 0.0663. The van der Waals surface area contributed by atoms with Crippen molar-refractivity contribution < 1.29 is 33.2 Å². The Labute approximate surface area is 289 Å². The minimum Gasteiger partial charge on any atom is -0.493 e. The molecule has 0 spiro atoms. The molecule has 0 N–H and O–H groups in total. The second-order valence-corrected chi connectivity index (χ2v) is 13.2. The van der Waals surface area contributed by atoms with E-state index in [-0.39, 0.29) is 25.1 Å². The van der Waals surface area contributed by atoms with E-state index < -0.39 is 12.0 Å². The van der Waals surface area contributed by atoms with Crippen molar-refractivity contribution >= 4 is 46.0 Å². The Hall–Kier alpha value is -4.30. The number of hydrogen-bond acceptors (Lipinski definition) is 10. The summed E-state index contributed by atoms with van der Waals surface area (Å²) in [6.07, 6.45) is 1.76. The van der Waals surface area contributed by atoms with E-state index in [1.54, 1.807) is 37.7 Å². The van der Waals surface area contributed by atoms with Gasteiger partial charge in [0.2, 0.25) is 6.79 Å². The molecular weight excluding hydrogens is 735 g/mol. The van der Waals surface area contributed by atoms with Gasteiger partial charge >= 0.3 is 5.97 Å². The van der Waals surface area contributed by atoms with Gasteiger partial charge in [0, 0.05) is 0 Å². The van der Waals surface area contributed by atoms with Crippen LogP contribution in [0.15, 0.2) is 75.7 Å². The van der Waals surface area contributed by atoms with Crippen LogP contribution in [0, 0.1) is 3.57 Å². The highest BCUT2D eigenvalue weighted by atomic mass is 127. The Morgan fingerprint density at radius 3 is 2.62 bits per heavy atom. The normalized spacial score (nSPS) is 15.4. The van der Waals surface area contributed by atoms with E-state index in [1.807, 2.05) is 62.4 Å². The lowest BCUT2D eigenvalue weighted by Gasteiger charge is -2.25. The quantitative estimate of drug-likeness (QED) is 0.154. The molecule has 0 saturated heterocycles. The number of esters is 1. The Bertz CT molecular complexity index is 2070. The zero-order chi connectivity index (χ0) is 33.2. The van der Waals surface area contributed by atoms with Crippen LogP contribution in [0.5, 0.6) is 28.7 Å². The van der Waals surface area contributed by atoms with Crippen LogP contribution in [0.1, 0.15) is 50.4 Å². The van der Waals surface area contributed by atoms with Gasteiger partial charge in [-0.05, 0) is 109 Å². The van der Waals surface area contributed by atoms with Gasteiger partial charge in [-0.3, -0.25) is 9.36 Å². The van der Waals surface area contributed by atoms with Crippen LogP contribution in [0.25, 0.3) is 6.08 Å². The highest BCUT2D eigenvalue weighted by Gasteiger charge is 2.34. The molecular formula is C35H33IN2O8S. The van der Waals surface area contributed by atoms with Crippen molar-refractivity contribution in [2.24, 2.45) is 4.99 Å². The summed E-state index contributed by atoms with van der Waals surface area (Å²) in [5, 5.41) is 0. The van der Waals surface area contributed by atoms with Crippen molar-refractivity contribution in [2.45, 2.75) is 46.4 Å². The van der Waals surface area contributed by atoms with Crippen molar-refractivity contribution in [3.8, 4) is 28.7 Å². The number of thiazole rings is 1. The number of nitrogens with zero attached hydrogens (tertiary/aromatic N) is 2. The van der Waals surface area contributed by atoms with Gasteiger partial charge in [-0.25, -0.2) is 9.79 Å². The molecule has 10 nitrogen and oxygen atoms in total. The second kappa shape index (κ2) is 13.8. The maximum atomic E-state index is 14.1. The lowest BCUT2D eigenvalue weighted by atomic mass is 9.95. The van der Waals surface area contributed by atoms with E-state index in [0.29, 0.717) is 50.0 Å². The van der Waals surface area contributed by atoms with Crippen LogP contribution >= 0.6 is 33.9 Å². The van der Waals surface area contributed by atoms with E-state index in [1.165, 1.54) is 11.3 Å². The zero-order valence-electron chi connectivity index (χ0n) is 26.5. The highest BCUT2D eigenvalue weighted by Crippen LogP contribution is 2.37. The molecule has 12 heteroatoms. The number of carbonyl (C=O) groups excluding carboxylic acids is 1. The summed E-state index contributed by atoms with van der Waals surface area (Å²) < 4.78 is 36.8. The Morgan fingerprint density at radius 1 is 1.09 bits per heavy atom. The van der Waals surface area contributed by atoms with Gasteiger partial charge in [-0.15, -0.1) is 0 Å². The van der Waals surface area contributed by atoms with Crippen LogP contribution in [0.2, 0.25) is 0 Å². The molecule has 6 rings (SSSR count). The molecule has 0 aliphatic carbocycles. The highest BCUT2D eigenvalue weighted by molar-refractivity contribution is 14.1. The first-order valence-electron chi connectivity index (χ1n) is 15.0. The fourth-order valence-electron chi connectivity index (χ4n) is 5.38. The number of allylic oxidation sites excluding steroid dienone is 1. The van der Waals surface area contributed by atoms with E-state index >= 15 is 0 Å². The summed E-state index contributed by atoms with van der Waals surface area (Å²) in [5.41, 5.74) is 2.96. The number of halogens is 1. The van der Waals surface area contributed by atoms with E-state index in [0.717, 1.165) is 26.2 Å². The standard InChI is InChI=1S/C35H33IN2O8S/c1-6-42-34(40)31-20(4)37-35-38(32(31)23-9-12-27(46-19(2)3)28(16-23)41-5)33(39)30(47-35)15-21-7-10-25(24(36)13-21)43-17-22-8-11-26-29(14-22)45-18-44-26/h7-16,19,32H,6,17-18H2,1-5H3/b30-15-/t32-/m0/s1. The molecule has 0 bridgehead atoms. The number of ether oxygens (including phenoxy) is 6. The molecule has 3 aromatic carbocycles. The van der Waals surface area contributed by atoms with Gasteiger partial charge in [-0.1, -0.05) is 29.5 Å². The molecule has 244 valence electrons. The third-order valence-corrected chi connectivity index (χ3v) is 9.29. The van der Waals surface area contributed by atoms with Crippen LogP contribution in [-0.2, 0) is 16.1 Å². The summed E-state index contributed by atoms with van der Waals surface area (Å²) in [6.45, 7) is 8.13. The van der Waals surface area contributed by atoms with Crippen LogP contribution in [0.4, 0.5) is 0 Å². The lowest BCUT2D eigenvalue weighted by Crippen LogP contribution is -2.40. The SMILES string of the molecule is CCOC(=O)C1=C(C)N=c2s/c(=C\c3ccc(OCc4ccc5c(c4)OCO5)c(I)c3)c(=O)n2[C@H]1c1ccc(OC(C)C)c(OC)c1. The number of methoxy groups -OCH3 is 1. The number of rotatable bonds is 10. The second-order valence-electron chi connectivity index (χ2n) is 11.0. The van der Waals surface area contributed by atoms with Gasteiger partial charge in [0.05, 0.1) is 45.2 Å². The number of fused-ring (bicyclic) bond motifs is 2. The largest absolute Gasteiger partial charge is 0.493 e. The molecule has 1 aromatic heterocycles. The van der Waals surface area contributed by atoms with E-state index in [2.05, 4.69) is 27.6 Å². The first-order chi connectivity index (χ1) is 22.7. The molecule has 2 aliphatic rings. The molecule has 0 fully saturated rings. The first kappa shape index (κ1) is 32.6. The molecule has 0 amide bonds. The van der Waals surface area contributed by atoms with Crippen molar-refractivity contribution in [3.63, 3.8) is 0 Å². The number of benzene rings is 3. The predicted octanol–water partition coefficient (Wildman–Crippen LogP) is 5.51. The average Bonchev–Trinajstić information content (AvgIpc) is 3.63. The number of hydrogen-bond donors (Lipinski definition) is 0. The molecule has 47 heavy (non-hydrogen) atoms. The van der Waals surface area contributed by atoms with Crippen molar-refractivity contribution in [1.82, 2.24) is 4.57 Å². The van der Waals surface area contributed by atoms with Crippen LogP contribution in [0.3, 0.4) is 0 Å². The number of carbonyl (C=O) groups is 1. The molecule has 0 radical (unpaired) electrons. The predicted molar refractivity (Wildman–Crippen MR) is 185 cm³/mol. The molecule has 2 aliphatic heterocycles. The molecule has 1 atom stereocenters. The van der Waals surface area contributed by atoms with E-state index in [9.17, 15) is 9.59 Å². The maximum absolute atomic E-state index is 14.1. The first-order valence-corrected chi connectivity index (χ1v) is 16.9. The third kappa shape index (κ3) is 6.75. The summed E-state index contributed by atoms with van der Waals surface area (Å²) in [4.78, 5) is 32.6. The van der Waals surface area contributed by atoms with Gasteiger partial charge in [0.25, 0.3) is 5.56 Å². The van der Waals surface area contributed by atoms with Crippen molar-refractivity contribution in [3.05, 3.63) is 106 Å². The lowest BCUT2D eigenvalue weighted by molar-refractivity contribution is -0.139. The summed E-state index contributed by atoms with van der Waals surface area (Å²) in [6, 6.07) is 16.1. The Morgan fingerprint density at radius 2 is 1.87 bits per heavy atom. The smallest absolute Gasteiger partial charge is 0.338 e. The van der Waals surface area contributed by atoms with Crippen LogP contribution < -0.4 is 38.6 Å². The zero-order valence-corrected chi connectivity index (χ0v) is 29.5. The maximum Gasteiger partial charge on any atom is 0.338 e. The van der Waals surface area contributed by atoms with Gasteiger partial charge < -0.3 is 28.4 Å². The monoisotopic (exact) mass is 768 g/mol.